The molecule has 6 nitrogen and oxygen atoms in total. The van der Waals surface area contributed by atoms with Crippen LogP contribution in [-0.4, -0.2) is 39.5 Å². The molecule has 1 saturated heterocycles. The van der Waals surface area contributed by atoms with Gasteiger partial charge < -0.3 is 10.6 Å². The monoisotopic (exact) mass is 484 g/mol. The summed E-state index contributed by atoms with van der Waals surface area (Å²) in [4.78, 5) is 26.8. The Morgan fingerprint density at radius 3 is 1.97 bits per heavy atom. The van der Waals surface area contributed by atoms with Gasteiger partial charge in [0.2, 0.25) is 5.91 Å². The second-order valence-corrected chi connectivity index (χ2v) is 12.0. The Labute approximate surface area is 211 Å². The largest absolute Gasteiger partial charge is 0.351 e. The molecule has 4 aromatic rings. The first-order chi connectivity index (χ1) is 16.8. The van der Waals surface area contributed by atoms with Crippen molar-refractivity contribution in [2.24, 2.45) is 0 Å². The maximum atomic E-state index is 13.5. The molecule has 0 unspecified atom stereocenters. The summed E-state index contributed by atoms with van der Waals surface area (Å²) in [6.07, 6.45) is 1.09. The minimum Gasteiger partial charge on any atom is -0.351 e. The molecule has 0 saturated carbocycles. The first-order valence-electron chi connectivity index (χ1n) is 12.6. The lowest BCUT2D eigenvalue weighted by molar-refractivity contribution is -0.290. The Morgan fingerprint density at radius 1 is 0.833 bits per heavy atom. The van der Waals surface area contributed by atoms with Gasteiger partial charge in [-0.05, 0) is 92.8 Å². The number of benzene rings is 4. The van der Waals surface area contributed by atoms with E-state index in [4.69, 9.17) is 0 Å². The van der Waals surface area contributed by atoms with Gasteiger partial charge in [-0.15, -0.1) is 10.3 Å². The van der Waals surface area contributed by atoms with Crippen LogP contribution in [0.2, 0.25) is 0 Å². The minimum atomic E-state index is -1.13. The fourth-order valence-electron chi connectivity index (χ4n) is 6.07. The van der Waals surface area contributed by atoms with Crippen molar-refractivity contribution in [1.82, 2.24) is 15.7 Å². The quantitative estimate of drug-likeness (QED) is 0.371. The van der Waals surface area contributed by atoms with E-state index in [-0.39, 0.29) is 17.9 Å². The molecule has 1 heterocycles. The van der Waals surface area contributed by atoms with Crippen molar-refractivity contribution in [3.05, 3.63) is 60.2 Å². The van der Waals surface area contributed by atoms with Crippen LogP contribution >= 0.6 is 0 Å². The van der Waals surface area contributed by atoms with Crippen LogP contribution in [0.5, 0.6) is 0 Å². The highest BCUT2D eigenvalue weighted by Crippen LogP contribution is 2.38. The number of nitrogens with zero attached hydrogens (tertiary/aromatic N) is 1. The predicted octanol–water partition coefficient (Wildman–Crippen LogP) is 5.58. The van der Waals surface area contributed by atoms with E-state index in [9.17, 15) is 14.8 Å². The van der Waals surface area contributed by atoms with Gasteiger partial charge in [0.25, 0.3) is 5.91 Å². The molecule has 1 aliphatic rings. The van der Waals surface area contributed by atoms with Crippen LogP contribution < -0.4 is 10.6 Å². The average molecular weight is 485 g/mol. The Balaban J connectivity index is 1.41. The van der Waals surface area contributed by atoms with Gasteiger partial charge >= 0.3 is 0 Å². The summed E-state index contributed by atoms with van der Waals surface area (Å²) in [7, 11) is 0. The third-order valence-electron chi connectivity index (χ3n) is 7.69. The van der Waals surface area contributed by atoms with Gasteiger partial charge in [0.05, 0.1) is 0 Å². The van der Waals surface area contributed by atoms with Gasteiger partial charge in [-0.3, -0.25) is 9.59 Å². The molecule has 0 aromatic heterocycles. The van der Waals surface area contributed by atoms with Gasteiger partial charge in [0, 0.05) is 22.7 Å². The molecule has 0 spiro atoms. The third kappa shape index (κ3) is 3.98. The maximum Gasteiger partial charge on any atom is 0.252 e. The topological polar surface area (TPSA) is 81.3 Å². The molecule has 36 heavy (non-hydrogen) atoms. The van der Waals surface area contributed by atoms with E-state index in [1.165, 1.54) is 0 Å². The predicted molar refractivity (Wildman–Crippen MR) is 144 cm³/mol. The molecular weight excluding hydrogens is 450 g/mol. The highest BCUT2D eigenvalue weighted by Gasteiger charge is 2.47. The number of piperidine rings is 1. The molecule has 187 valence electrons. The number of carbonyl (C=O) groups excluding carboxylic acids is 2. The molecule has 0 bridgehead atoms. The van der Waals surface area contributed by atoms with Crippen LogP contribution in [-0.2, 0) is 10.0 Å². The highest BCUT2D eigenvalue weighted by molar-refractivity contribution is 6.26. The molecule has 1 radical (unpaired) electrons. The van der Waals surface area contributed by atoms with Gasteiger partial charge in [-0.1, -0.05) is 48.5 Å². The van der Waals surface area contributed by atoms with E-state index < -0.39 is 16.6 Å². The standard InChI is InChI=1S/C30H34N3O3/c1-28(2)16-21(17-29(3,4)33(28)36)31-27(35)30(5,6)32-26(34)23-15-13-20-11-10-18-8-7-9-19-12-14-22(23)25(20)24(18)19/h7-15,21H,16-17H2,1-6H3,(H,31,35)(H,32,34). The van der Waals surface area contributed by atoms with E-state index >= 15 is 0 Å². The van der Waals surface area contributed by atoms with Crippen molar-refractivity contribution in [1.29, 1.82) is 0 Å². The summed E-state index contributed by atoms with van der Waals surface area (Å²) in [5.74, 6) is -0.548. The van der Waals surface area contributed by atoms with Crippen molar-refractivity contribution in [2.45, 2.75) is 77.0 Å². The molecular formula is C30H34N3O3. The molecule has 0 aliphatic carbocycles. The highest BCUT2D eigenvalue weighted by atomic mass is 16.5. The Kier molecular flexibility index (Phi) is 5.54. The lowest BCUT2D eigenvalue weighted by Gasteiger charge is -2.50. The Morgan fingerprint density at radius 2 is 1.36 bits per heavy atom. The van der Waals surface area contributed by atoms with E-state index in [1.54, 1.807) is 13.8 Å². The summed E-state index contributed by atoms with van der Waals surface area (Å²) in [5.41, 5.74) is -1.77. The molecule has 2 N–H and O–H groups in total. The molecule has 1 aliphatic heterocycles. The molecule has 0 atom stereocenters. The van der Waals surface area contributed by atoms with Crippen LogP contribution in [0.3, 0.4) is 0 Å². The molecule has 2 amide bonds. The SMILES string of the molecule is CC(C)(NC(=O)c1ccc2ccc3cccc4ccc1c2c34)C(=O)NC1CC(C)(C)N([O])C(C)(C)C1. The maximum absolute atomic E-state index is 13.5. The molecule has 6 heteroatoms. The van der Waals surface area contributed by atoms with Crippen LogP contribution in [0, 0.1) is 0 Å². The second kappa shape index (κ2) is 8.15. The number of rotatable bonds is 4. The normalized spacial score (nSPS) is 18.6. The van der Waals surface area contributed by atoms with E-state index in [2.05, 4.69) is 34.9 Å². The Bertz CT molecular complexity index is 1450. The number of hydroxylamine groups is 2. The minimum absolute atomic E-state index is 0.154. The zero-order valence-electron chi connectivity index (χ0n) is 21.9. The lowest BCUT2D eigenvalue weighted by Crippen LogP contribution is -2.64. The third-order valence-corrected chi connectivity index (χ3v) is 7.69. The Hall–Kier alpha value is -3.22. The summed E-state index contributed by atoms with van der Waals surface area (Å²) in [6.45, 7) is 11.0. The number of amides is 2. The van der Waals surface area contributed by atoms with Crippen molar-refractivity contribution in [2.75, 3.05) is 0 Å². The first kappa shape index (κ1) is 24.5. The van der Waals surface area contributed by atoms with Gasteiger partial charge in [0.1, 0.15) is 5.54 Å². The van der Waals surface area contributed by atoms with Crippen LogP contribution in [0.25, 0.3) is 32.3 Å². The zero-order valence-corrected chi connectivity index (χ0v) is 21.9. The number of nitrogens with one attached hydrogen (secondary N) is 2. The van der Waals surface area contributed by atoms with Crippen LogP contribution in [0.15, 0.2) is 54.6 Å². The first-order valence-corrected chi connectivity index (χ1v) is 12.6. The van der Waals surface area contributed by atoms with E-state index in [1.807, 2.05) is 58.0 Å². The van der Waals surface area contributed by atoms with Crippen molar-refractivity contribution in [3.63, 3.8) is 0 Å². The zero-order chi connectivity index (χ0) is 26.0. The average Bonchev–Trinajstić information content (AvgIpc) is 2.80. The number of hydrogen-bond acceptors (Lipinski definition) is 3. The van der Waals surface area contributed by atoms with Crippen molar-refractivity contribution in [3.8, 4) is 0 Å². The smallest absolute Gasteiger partial charge is 0.252 e. The molecule has 5 rings (SSSR count). The van der Waals surface area contributed by atoms with Crippen LogP contribution in [0.1, 0.15) is 64.7 Å². The van der Waals surface area contributed by atoms with Gasteiger partial charge in [0.15, 0.2) is 0 Å². The van der Waals surface area contributed by atoms with Gasteiger partial charge in [-0.2, -0.15) is 0 Å². The lowest BCUT2D eigenvalue weighted by atomic mass is 9.78. The van der Waals surface area contributed by atoms with Gasteiger partial charge in [-0.25, -0.2) is 0 Å². The fraction of sp³-hybridized carbons (Fsp3) is 0.400. The summed E-state index contributed by atoms with van der Waals surface area (Å²) in [5, 5.41) is 26.3. The van der Waals surface area contributed by atoms with E-state index in [0.29, 0.717) is 18.4 Å². The number of carbonyl (C=O) groups is 2. The fourth-order valence-corrected chi connectivity index (χ4v) is 6.07. The summed E-state index contributed by atoms with van der Waals surface area (Å²) in [6, 6.07) is 18.1. The molecule has 4 aromatic carbocycles. The second-order valence-electron chi connectivity index (χ2n) is 12.0. The molecule has 1 fully saturated rings. The summed E-state index contributed by atoms with van der Waals surface area (Å²) >= 11 is 0. The summed E-state index contributed by atoms with van der Waals surface area (Å²) < 4.78 is 0. The van der Waals surface area contributed by atoms with Crippen molar-refractivity contribution >= 4 is 44.1 Å². The van der Waals surface area contributed by atoms with Crippen molar-refractivity contribution < 1.29 is 14.8 Å². The van der Waals surface area contributed by atoms with E-state index in [0.717, 1.165) is 37.4 Å². The number of hydrogen-bond donors (Lipinski definition) is 2. The van der Waals surface area contributed by atoms with Crippen LogP contribution in [0.4, 0.5) is 0 Å².